The summed E-state index contributed by atoms with van der Waals surface area (Å²) in [6.07, 6.45) is 4.36. The molecule has 0 aromatic heterocycles. The lowest BCUT2D eigenvalue weighted by atomic mass is 10.1. The average Bonchev–Trinajstić information content (AvgIpc) is 2.48. The zero-order valence-electron chi connectivity index (χ0n) is 13.8. The second-order valence-electron chi connectivity index (χ2n) is 5.50. The Morgan fingerprint density at radius 1 is 1.27 bits per heavy atom. The summed E-state index contributed by atoms with van der Waals surface area (Å²) >= 11 is 6.10. The first-order chi connectivity index (χ1) is 10.4. The summed E-state index contributed by atoms with van der Waals surface area (Å²) in [7, 11) is 0. The Labute approximate surface area is 137 Å². The molecule has 0 spiro atoms. The fourth-order valence-corrected chi connectivity index (χ4v) is 2.12. The van der Waals surface area contributed by atoms with Gasteiger partial charge in [-0.05, 0) is 56.9 Å². The summed E-state index contributed by atoms with van der Waals surface area (Å²) in [5.74, 6) is 0.373. The van der Waals surface area contributed by atoms with Gasteiger partial charge in [0.1, 0.15) is 5.75 Å². The molecular weight excluding hydrogens is 300 g/mol. The van der Waals surface area contributed by atoms with Gasteiger partial charge in [0.05, 0.1) is 0 Å². The number of hydrogen-bond acceptors (Lipinski definition) is 3. The Bertz CT molecular complexity index is 518. The highest BCUT2D eigenvalue weighted by atomic mass is 35.5. The molecule has 0 saturated heterocycles. The van der Waals surface area contributed by atoms with Crippen molar-refractivity contribution < 1.29 is 9.53 Å². The minimum atomic E-state index is -0.264. The Morgan fingerprint density at radius 2 is 1.91 bits per heavy atom. The topological polar surface area (TPSA) is 50.7 Å². The zero-order chi connectivity index (χ0) is 16.5. The third-order valence-corrected chi connectivity index (χ3v) is 3.89. The molecule has 0 aliphatic heterocycles. The molecule has 0 atom stereocenters. The van der Waals surface area contributed by atoms with E-state index in [9.17, 15) is 4.79 Å². The number of nitrogens with zero attached hydrogens (tertiary/aromatic N) is 1. The van der Waals surface area contributed by atoms with Crippen molar-refractivity contribution in [1.29, 1.82) is 0 Å². The van der Waals surface area contributed by atoms with Crippen LogP contribution in [0.5, 0.6) is 5.75 Å². The van der Waals surface area contributed by atoms with E-state index in [-0.39, 0.29) is 12.5 Å². The molecule has 1 aromatic carbocycles. The summed E-state index contributed by atoms with van der Waals surface area (Å²) in [4.78, 5) is 11.7. The van der Waals surface area contributed by atoms with Gasteiger partial charge in [-0.2, -0.15) is 5.10 Å². The molecule has 4 nitrogen and oxygen atoms in total. The van der Waals surface area contributed by atoms with Gasteiger partial charge in [0.2, 0.25) is 0 Å². The van der Waals surface area contributed by atoms with Crippen molar-refractivity contribution >= 4 is 23.2 Å². The summed E-state index contributed by atoms with van der Waals surface area (Å²) in [5.41, 5.74) is 5.31. The van der Waals surface area contributed by atoms with Gasteiger partial charge in [0, 0.05) is 10.7 Å². The highest BCUT2D eigenvalue weighted by Gasteiger charge is 2.06. The lowest BCUT2D eigenvalue weighted by Crippen LogP contribution is -2.25. The second kappa shape index (κ2) is 9.46. The molecule has 0 bridgehead atoms. The molecule has 1 rings (SSSR count). The third-order valence-electron chi connectivity index (χ3n) is 3.29. The van der Waals surface area contributed by atoms with E-state index in [1.807, 2.05) is 32.9 Å². The summed E-state index contributed by atoms with van der Waals surface area (Å²) in [5, 5.41) is 4.80. The molecule has 0 unspecified atom stereocenters. The molecule has 0 saturated carbocycles. The Balaban J connectivity index is 2.41. The number of hydrogen-bond donors (Lipinski definition) is 1. The molecule has 22 heavy (non-hydrogen) atoms. The van der Waals surface area contributed by atoms with Crippen LogP contribution in [0.4, 0.5) is 0 Å². The molecule has 1 N–H and O–H groups in total. The van der Waals surface area contributed by atoms with E-state index in [1.54, 1.807) is 0 Å². The number of ether oxygens (including phenoxy) is 1. The van der Waals surface area contributed by atoms with Crippen molar-refractivity contribution in [3.63, 3.8) is 0 Å². The molecule has 122 valence electrons. The quantitative estimate of drug-likeness (QED) is 0.437. The number of rotatable bonds is 8. The highest BCUT2D eigenvalue weighted by molar-refractivity contribution is 6.32. The number of hydrazone groups is 1. The van der Waals surface area contributed by atoms with E-state index in [0.717, 1.165) is 34.7 Å². The van der Waals surface area contributed by atoms with E-state index in [2.05, 4.69) is 17.5 Å². The normalized spacial score (nSPS) is 11.4. The van der Waals surface area contributed by atoms with Gasteiger partial charge in [-0.1, -0.05) is 31.4 Å². The van der Waals surface area contributed by atoms with Gasteiger partial charge in [-0.15, -0.1) is 0 Å². The van der Waals surface area contributed by atoms with E-state index in [4.69, 9.17) is 16.3 Å². The molecule has 0 aliphatic carbocycles. The van der Waals surface area contributed by atoms with Crippen molar-refractivity contribution in [3.8, 4) is 5.75 Å². The molecule has 0 aliphatic rings. The van der Waals surface area contributed by atoms with Gasteiger partial charge < -0.3 is 4.74 Å². The summed E-state index contributed by atoms with van der Waals surface area (Å²) in [6.45, 7) is 7.83. The first-order valence-electron chi connectivity index (χ1n) is 7.65. The molecule has 0 radical (unpaired) electrons. The number of amides is 1. The van der Waals surface area contributed by atoms with Crippen molar-refractivity contribution in [1.82, 2.24) is 5.43 Å². The van der Waals surface area contributed by atoms with Crippen LogP contribution in [0.1, 0.15) is 50.7 Å². The molecule has 1 amide bonds. The number of benzene rings is 1. The van der Waals surface area contributed by atoms with E-state index >= 15 is 0 Å². The van der Waals surface area contributed by atoms with Crippen LogP contribution < -0.4 is 10.2 Å². The second-order valence-corrected chi connectivity index (χ2v) is 5.88. The minimum Gasteiger partial charge on any atom is -0.484 e. The third kappa shape index (κ3) is 6.48. The van der Waals surface area contributed by atoms with E-state index in [0.29, 0.717) is 5.75 Å². The Kier molecular flexibility index (Phi) is 7.96. The van der Waals surface area contributed by atoms with Gasteiger partial charge in [-0.25, -0.2) is 5.43 Å². The standard InChI is InChI=1S/C17H25ClN2O2/c1-5-6-7-8-14(4)19-20-16(21)11-22-15-9-12(2)17(18)13(3)10-15/h9-10H,5-8,11H2,1-4H3,(H,20,21)/b19-14+. The van der Waals surface area contributed by atoms with Crippen LogP contribution in [-0.2, 0) is 4.79 Å². The predicted octanol–water partition coefficient (Wildman–Crippen LogP) is 4.41. The highest BCUT2D eigenvalue weighted by Crippen LogP contribution is 2.25. The largest absolute Gasteiger partial charge is 0.484 e. The Hall–Kier alpha value is -1.55. The predicted molar refractivity (Wildman–Crippen MR) is 91.8 cm³/mol. The first-order valence-corrected chi connectivity index (χ1v) is 8.03. The lowest BCUT2D eigenvalue weighted by molar-refractivity contribution is -0.123. The van der Waals surface area contributed by atoms with Crippen LogP contribution >= 0.6 is 11.6 Å². The maximum absolute atomic E-state index is 11.7. The van der Waals surface area contributed by atoms with Crippen molar-refractivity contribution in [2.45, 2.75) is 53.4 Å². The van der Waals surface area contributed by atoms with E-state index < -0.39 is 0 Å². The number of aryl methyl sites for hydroxylation is 2. The van der Waals surface area contributed by atoms with Crippen LogP contribution in [0.25, 0.3) is 0 Å². The fraction of sp³-hybridized carbons (Fsp3) is 0.529. The number of halogens is 1. The van der Waals surface area contributed by atoms with Crippen molar-refractivity contribution in [2.75, 3.05) is 6.61 Å². The van der Waals surface area contributed by atoms with Crippen LogP contribution in [0.3, 0.4) is 0 Å². The molecule has 0 heterocycles. The monoisotopic (exact) mass is 324 g/mol. The van der Waals surface area contributed by atoms with Crippen molar-refractivity contribution in [3.05, 3.63) is 28.3 Å². The fourth-order valence-electron chi connectivity index (χ4n) is 2.02. The average molecular weight is 325 g/mol. The van der Waals surface area contributed by atoms with Crippen LogP contribution in [0.15, 0.2) is 17.2 Å². The zero-order valence-corrected chi connectivity index (χ0v) is 14.6. The number of carbonyl (C=O) groups excluding carboxylic acids is 1. The van der Waals surface area contributed by atoms with Gasteiger partial charge in [-0.3, -0.25) is 4.79 Å². The van der Waals surface area contributed by atoms with E-state index in [1.165, 1.54) is 12.8 Å². The van der Waals surface area contributed by atoms with Crippen LogP contribution in [0.2, 0.25) is 5.02 Å². The number of nitrogens with one attached hydrogen (secondary N) is 1. The van der Waals surface area contributed by atoms with Crippen LogP contribution in [-0.4, -0.2) is 18.2 Å². The summed E-state index contributed by atoms with van der Waals surface area (Å²) < 4.78 is 5.48. The van der Waals surface area contributed by atoms with Crippen molar-refractivity contribution in [2.24, 2.45) is 5.10 Å². The maximum Gasteiger partial charge on any atom is 0.277 e. The van der Waals surface area contributed by atoms with Gasteiger partial charge in [0.15, 0.2) is 6.61 Å². The molecule has 5 heteroatoms. The Morgan fingerprint density at radius 3 is 2.50 bits per heavy atom. The van der Waals surface area contributed by atoms with Gasteiger partial charge >= 0.3 is 0 Å². The van der Waals surface area contributed by atoms with Crippen LogP contribution in [0, 0.1) is 13.8 Å². The first kappa shape index (κ1) is 18.5. The molecule has 1 aromatic rings. The molecular formula is C17H25ClN2O2. The smallest absolute Gasteiger partial charge is 0.277 e. The maximum atomic E-state index is 11.7. The lowest BCUT2D eigenvalue weighted by Gasteiger charge is -2.09. The van der Waals surface area contributed by atoms with Gasteiger partial charge in [0.25, 0.3) is 5.91 Å². The minimum absolute atomic E-state index is 0.0632. The SMILES string of the molecule is CCCCC/C(C)=N/NC(=O)COc1cc(C)c(Cl)c(C)c1. The molecule has 0 fully saturated rings. The summed E-state index contributed by atoms with van der Waals surface area (Å²) in [6, 6.07) is 3.64. The number of carbonyl (C=O) groups is 1. The number of unbranched alkanes of at least 4 members (excludes halogenated alkanes) is 2.